The fraction of sp³-hybridized carbons (Fsp3) is 0.455. The average Bonchev–Trinajstić information content (AvgIpc) is 2.61. The Labute approximate surface area is 166 Å². The van der Waals surface area contributed by atoms with Crippen molar-refractivity contribution >= 4 is 11.0 Å². The summed E-state index contributed by atoms with van der Waals surface area (Å²) in [4.78, 5) is 0. The predicted octanol–water partition coefficient (Wildman–Crippen LogP) is 4.70. The van der Waals surface area contributed by atoms with E-state index in [0.29, 0.717) is 6.54 Å². The molecule has 0 amide bonds. The van der Waals surface area contributed by atoms with Crippen LogP contribution in [0, 0.1) is 5.92 Å². The molecule has 0 saturated carbocycles. The van der Waals surface area contributed by atoms with E-state index in [1.165, 1.54) is 5.06 Å². The van der Waals surface area contributed by atoms with Gasteiger partial charge in [0.1, 0.15) is 0 Å². The highest BCUT2D eigenvalue weighted by atomic mass is 32.2. The average molecular weight is 389 g/mol. The Kier molecular flexibility index (Phi) is 7.74. The topological polar surface area (TPSA) is 52.6 Å². The molecule has 3 atom stereocenters. The first-order valence-corrected chi connectivity index (χ1v) is 10.6. The monoisotopic (exact) mass is 388 g/mol. The summed E-state index contributed by atoms with van der Waals surface area (Å²) in [7, 11) is -1.26. The number of hydrogen-bond donors (Lipinski definition) is 2. The zero-order valence-corrected chi connectivity index (χ0v) is 17.7. The second-order valence-corrected chi connectivity index (χ2v) is 10.2. The number of hydrogen-bond acceptors (Lipinski definition) is 3. The van der Waals surface area contributed by atoms with E-state index in [0.717, 1.165) is 11.1 Å². The van der Waals surface area contributed by atoms with Crippen molar-refractivity contribution in [1.29, 1.82) is 0 Å². The highest BCUT2D eigenvalue weighted by molar-refractivity contribution is 7.84. The highest BCUT2D eigenvalue weighted by Crippen LogP contribution is 2.28. The second-order valence-electron chi connectivity index (χ2n) is 8.21. The van der Waals surface area contributed by atoms with Gasteiger partial charge in [-0.1, -0.05) is 74.5 Å². The molecule has 0 spiro atoms. The molecule has 2 rings (SSSR count). The largest absolute Gasteiger partial charge is 0.313 e. The van der Waals surface area contributed by atoms with Crippen LogP contribution in [0.2, 0.25) is 0 Å². The first kappa shape index (κ1) is 21.8. The zero-order valence-electron chi connectivity index (χ0n) is 16.9. The van der Waals surface area contributed by atoms with Gasteiger partial charge in [0.05, 0.1) is 27.8 Å². The van der Waals surface area contributed by atoms with E-state index in [-0.39, 0.29) is 18.0 Å². The van der Waals surface area contributed by atoms with Gasteiger partial charge >= 0.3 is 0 Å². The fourth-order valence-electron chi connectivity index (χ4n) is 3.06. The van der Waals surface area contributed by atoms with Gasteiger partial charge in [0.25, 0.3) is 0 Å². The van der Waals surface area contributed by atoms with Crippen molar-refractivity contribution in [2.45, 2.75) is 58.0 Å². The summed E-state index contributed by atoms with van der Waals surface area (Å²) in [6.07, 6.45) is 0. The normalized spacial score (nSPS) is 15.7. The lowest BCUT2D eigenvalue weighted by atomic mass is 9.91. The third-order valence-corrected chi connectivity index (χ3v) is 6.09. The SMILES string of the molecule is CC(C)[C@H]([C@H](N[S@](=O)C(C)(C)C)c1ccccc1)N(O)Cc1ccccc1. The lowest BCUT2D eigenvalue weighted by Crippen LogP contribution is -2.48. The summed E-state index contributed by atoms with van der Waals surface area (Å²) in [6.45, 7) is 10.4. The van der Waals surface area contributed by atoms with E-state index >= 15 is 0 Å². The van der Waals surface area contributed by atoms with Gasteiger partial charge in [-0.05, 0) is 37.8 Å². The Morgan fingerprint density at radius 1 is 1.00 bits per heavy atom. The standard InChI is InChI=1S/C22H32N2O2S/c1-17(2)21(24(25)16-18-12-8-6-9-13-18)20(19-14-10-7-11-15-19)23-27(26)22(3,4)5/h6-15,17,20-21,23,25H,16H2,1-5H3/t20-,21-,27-/m1/s1. The maximum atomic E-state index is 12.9. The number of nitrogens with zero attached hydrogens (tertiary/aromatic N) is 1. The van der Waals surface area contributed by atoms with Crippen LogP contribution in [0.1, 0.15) is 51.8 Å². The Hall–Kier alpha value is -1.53. The molecule has 0 bridgehead atoms. The van der Waals surface area contributed by atoms with Crippen LogP contribution < -0.4 is 4.72 Å². The molecule has 0 saturated heterocycles. The van der Waals surface area contributed by atoms with Crippen molar-refractivity contribution in [2.75, 3.05) is 0 Å². The summed E-state index contributed by atoms with van der Waals surface area (Å²) in [5.41, 5.74) is 2.05. The van der Waals surface area contributed by atoms with E-state index < -0.39 is 15.7 Å². The van der Waals surface area contributed by atoms with Gasteiger partial charge in [0, 0.05) is 6.54 Å². The predicted molar refractivity (Wildman–Crippen MR) is 113 cm³/mol. The first-order chi connectivity index (χ1) is 12.7. The van der Waals surface area contributed by atoms with Gasteiger partial charge in [-0.15, -0.1) is 0 Å². The fourth-order valence-corrected chi connectivity index (χ4v) is 3.92. The second kappa shape index (κ2) is 9.60. The first-order valence-electron chi connectivity index (χ1n) is 9.42. The van der Waals surface area contributed by atoms with Crippen LogP contribution in [0.15, 0.2) is 60.7 Å². The number of benzene rings is 2. The van der Waals surface area contributed by atoms with Gasteiger partial charge in [0.2, 0.25) is 0 Å². The molecule has 2 aromatic rings. The van der Waals surface area contributed by atoms with Gasteiger partial charge in [-0.25, -0.2) is 8.93 Å². The molecule has 0 aliphatic carbocycles. The van der Waals surface area contributed by atoms with E-state index in [2.05, 4.69) is 18.6 Å². The number of nitrogens with one attached hydrogen (secondary N) is 1. The van der Waals surface area contributed by atoms with Crippen molar-refractivity contribution in [1.82, 2.24) is 9.79 Å². The molecule has 27 heavy (non-hydrogen) atoms. The van der Waals surface area contributed by atoms with E-state index in [1.54, 1.807) is 0 Å². The Morgan fingerprint density at radius 3 is 2.00 bits per heavy atom. The highest BCUT2D eigenvalue weighted by Gasteiger charge is 2.34. The molecule has 148 valence electrons. The van der Waals surface area contributed by atoms with Gasteiger partial charge in [0.15, 0.2) is 0 Å². The molecule has 0 aromatic heterocycles. The van der Waals surface area contributed by atoms with Crippen LogP contribution in [-0.2, 0) is 17.5 Å². The maximum Gasteiger partial charge on any atom is 0.0976 e. The third kappa shape index (κ3) is 6.25. The summed E-state index contributed by atoms with van der Waals surface area (Å²) < 4.78 is 15.8. The summed E-state index contributed by atoms with van der Waals surface area (Å²) in [5, 5.41) is 12.4. The van der Waals surface area contributed by atoms with Crippen molar-refractivity contribution in [3.05, 3.63) is 71.8 Å². The summed E-state index contributed by atoms with van der Waals surface area (Å²) in [5.74, 6) is 0.147. The zero-order chi connectivity index (χ0) is 20.0. The van der Waals surface area contributed by atoms with Crippen molar-refractivity contribution in [2.24, 2.45) is 5.92 Å². The third-order valence-electron chi connectivity index (χ3n) is 4.50. The molecular formula is C22H32N2O2S. The molecule has 0 fully saturated rings. The Morgan fingerprint density at radius 2 is 1.52 bits per heavy atom. The van der Waals surface area contributed by atoms with Crippen LogP contribution in [0.5, 0.6) is 0 Å². The van der Waals surface area contributed by atoms with Crippen molar-refractivity contribution < 1.29 is 9.42 Å². The molecule has 0 heterocycles. The molecule has 0 radical (unpaired) electrons. The quantitative estimate of drug-likeness (QED) is 0.645. The van der Waals surface area contributed by atoms with Crippen LogP contribution in [-0.4, -0.2) is 25.3 Å². The van der Waals surface area contributed by atoms with E-state index in [1.807, 2.05) is 81.4 Å². The van der Waals surface area contributed by atoms with Gasteiger partial charge in [-0.3, -0.25) is 0 Å². The maximum absolute atomic E-state index is 12.9. The molecule has 0 aliphatic heterocycles. The summed E-state index contributed by atoms with van der Waals surface area (Å²) in [6, 6.07) is 19.3. The van der Waals surface area contributed by atoms with Crippen LogP contribution in [0.4, 0.5) is 0 Å². The van der Waals surface area contributed by atoms with E-state index in [4.69, 9.17) is 0 Å². The lowest BCUT2D eigenvalue weighted by Gasteiger charge is -2.37. The van der Waals surface area contributed by atoms with Crippen LogP contribution >= 0.6 is 0 Å². The number of hydroxylamine groups is 2. The van der Waals surface area contributed by atoms with E-state index in [9.17, 15) is 9.42 Å². The minimum absolute atomic E-state index is 0.147. The minimum atomic E-state index is -1.26. The van der Waals surface area contributed by atoms with Crippen LogP contribution in [0.3, 0.4) is 0 Å². The number of rotatable bonds is 8. The minimum Gasteiger partial charge on any atom is -0.313 e. The van der Waals surface area contributed by atoms with Crippen molar-refractivity contribution in [3.63, 3.8) is 0 Å². The molecule has 2 N–H and O–H groups in total. The smallest absolute Gasteiger partial charge is 0.0976 e. The summed E-state index contributed by atoms with van der Waals surface area (Å²) >= 11 is 0. The van der Waals surface area contributed by atoms with Gasteiger partial charge in [-0.2, -0.15) is 5.06 Å². The Balaban J connectivity index is 2.34. The molecule has 0 unspecified atom stereocenters. The molecule has 5 heteroatoms. The molecule has 0 aliphatic rings. The van der Waals surface area contributed by atoms with Crippen molar-refractivity contribution in [3.8, 4) is 0 Å². The Bertz CT molecular complexity index is 714. The molecular weight excluding hydrogens is 356 g/mol. The van der Waals surface area contributed by atoms with Crippen LogP contribution in [0.25, 0.3) is 0 Å². The van der Waals surface area contributed by atoms with Gasteiger partial charge < -0.3 is 5.21 Å². The molecule has 4 nitrogen and oxygen atoms in total. The lowest BCUT2D eigenvalue weighted by molar-refractivity contribution is -0.154. The molecule has 2 aromatic carbocycles.